The van der Waals surface area contributed by atoms with Gasteiger partial charge in [0.15, 0.2) is 5.13 Å². The van der Waals surface area contributed by atoms with Crippen LogP contribution in [0.4, 0.5) is 5.13 Å². The summed E-state index contributed by atoms with van der Waals surface area (Å²) < 4.78 is 0. The molecule has 180 valence electrons. The molecular weight excluding hydrogens is 448 g/mol. The molecule has 1 saturated heterocycles. The average molecular weight is 481 g/mol. The summed E-state index contributed by atoms with van der Waals surface area (Å²) in [5.41, 5.74) is 1.64. The summed E-state index contributed by atoms with van der Waals surface area (Å²) in [6.45, 7) is 9.91. The number of aryl methyl sites for hydroxylation is 1. The molecule has 1 aromatic carbocycles. The number of amides is 2. The van der Waals surface area contributed by atoms with Crippen LogP contribution in [0, 0.1) is 24.2 Å². The van der Waals surface area contributed by atoms with Crippen molar-refractivity contribution < 1.29 is 9.59 Å². The number of rotatable bonds is 8. The fourth-order valence-corrected chi connectivity index (χ4v) is 5.06. The first kappa shape index (κ1) is 24.2. The number of nitrogens with one attached hydrogen (secondary N) is 3. The number of benzene rings is 1. The fourth-order valence-electron chi connectivity index (χ4n) is 4.08. The van der Waals surface area contributed by atoms with Gasteiger partial charge in [-0.05, 0) is 44.2 Å². The molecule has 0 spiro atoms. The number of carbonyl (C=O) groups excluding carboxylic acids is 2. The van der Waals surface area contributed by atoms with Gasteiger partial charge in [-0.15, -0.1) is 11.3 Å². The third kappa shape index (κ3) is 5.57. The summed E-state index contributed by atoms with van der Waals surface area (Å²) in [5, 5.41) is 19.4. The van der Waals surface area contributed by atoms with E-state index in [0.29, 0.717) is 24.8 Å². The van der Waals surface area contributed by atoms with Gasteiger partial charge < -0.3 is 20.9 Å². The lowest BCUT2D eigenvalue weighted by Gasteiger charge is -2.26. The number of hydrogen-bond acceptors (Lipinski definition) is 7. The number of nitriles is 1. The van der Waals surface area contributed by atoms with Crippen LogP contribution in [0.1, 0.15) is 48.3 Å². The predicted molar refractivity (Wildman–Crippen MR) is 134 cm³/mol. The van der Waals surface area contributed by atoms with E-state index in [0.717, 1.165) is 47.4 Å². The summed E-state index contributed by atoms with van der Waals surface area (Å²) >= 11 is 1.70. The van der Waals surface area contributed by atoms with Crippen molar-refractivity contribution in [3.8, 4) is 17.3 Å². The lowest BCUT2D eigenvalue weighted by Crippen LogP contribution is -2.50. The highest BCUT2D eigenvalue weighted by atomic mass is 32.1. The van der Waals surface area contributed by atoms with Crippen molar-refractivity contribution in [1.29, 1.82) is 5.26 Å². The Bertz CT molecular complexity index is 1080. The maximum Gasteiger partial charge on any atom is 0.251 e. The van der Waals surface area contributed by atoms with Gasteiger partial charge in [0, 0.05) is 42.2 Å². The molecule has 3 N–H and O–H groups in total. The van der Waals surface area contributed by atoms with Gasteiger partial charge in [0.2, 0.25) is 5.91 Å². The minimum atomic E-state index is -0.756. The smallest absolute Gasteiger partial charge is 0.251 e. The molecule has 0 bridgehead atoms. The highest BCUT2D eigenvalue weighted by Gasteiger charge is 2.45. The van der Waals surface area contributed by atoms with Crippen LogP contribution in [0.5, 0.6) is 0 Å². The van der Waals surface area contributed by atoms with Crippen LogP contribution < -0.4 is 20.9 Å². The van der Waals surface area contributed by atoms with E-state index in [1.807, 2.05) is 26.0 Å². The molecule has 1 aliphatic heterocycles. The second kappa shape index (κ2) is 10.1. The zero-order chi connectivity index (χ0) is 24.3. The van der Waals surface area contributed by atoms with E-state index in [1.54, 1.807) is 23.5 Å². The second-order valence-corrected chi connectivity index (χ2v) is 10.7. The Morgan fingerprint density at radius 1 is 1.24 bits per heavy atom. The van der Waals surface area contributed by atoms with Gasteiger partial charge in [0.1, 0.15) is 11.6 Å². The molecule has 2 aliphatic rings. The molecule has 0 unspecified atom stereocenters. The largest absolute Gasteiger partial charge is 0.346 e. The Labute approximate surface area is 204 Å². The summed E-state index contributed by atoms with van der Waals surface area (Å²) in [6, 6.07) is 8.85. The Balaban J connectivity index is 1.44. The van der Waals surface area contributed by atoms with E-state index in [9.17, 15) is 14.9 Å². The van der Waals surface area contributed by atoms with Crippen LogP contribution in [0.3, 0.4) is 0 Å². The molecule has 1 aliphatic carbocycles. The summed E-state index contributed by atoms with van der Waals surface area (Å²) in [7, 11) is 0. The maximum absolute atomic E-state index is 12.9. The van der Waals surface area contributed by atoms with E-state index in [4.69, 9.17) is 4.98 Å². The zero-order valence-electron chi connectivity index (χ0n) is 20.0. The average Bonchev–Trinajstić information content (AvgIpc) is 3.50. The van der Waals surface area contributed by atoms with Crippen molar-refractivity contribution in [2.24, 2.45) is 5.92 Å². The van der Waals surface area contributed by atoms with E-state index >= 15 is 0 Å². The minimum absolute atomic E-state index is 0.216. The summed E-state index contributed by atoms with van der Waals surface area (Å²) in [5.74, 6) is -0.380. The highest BCUT2D eigenvalue weighted by Crippen LogP contribution is 2.35. The molecule has 1 saturated carbocycles. The Hall–Kier alpha value is -2.96. The number of thiazole rings is 1. The van der Waals surface area contributed by atoms with Crippen molar-refractivity contribution in [2.45, 2.75) is 51.6 Å². The number of hydrogen-bond donors (Lipinski definition) is 3. The predicted octanol–water partition coefficient (Wildman–Crippen LogP) is 2.85. The second-order valence-electron chi connectivity index (χ2n) is 9.55. The Morgan fingerprint density at radius 3 is 2.50 bits per heavy atom. The van der Waals surface area contributed by atoms with Gasteiger partial charge in [-0.25, -0.2) is 4.98 Å². The number of aromatic nitrogens is 1. The first-order valence-corrected chi connectivity index (χ1v) is 12.7. The Morgan fingerprint density at radius 2 is 1.91 bits per heavy atom. The zero-order valence-corrected chi connectivity index (χ0v) is 20.8. The molecule has 2 fully saturated rings. The molecule has 0 radical (unpaired) electrons. The maximum atomic E-state index is 12.9. The molecule has 2 aromatic rings. The third-order valence-electron chi connectivity index (χ3n) is 6.25. The molecule has 2 amide bonds. The number of piperazine rings is 1. The molecule has 34 heavy (non-hydrogen) atoms. The van der Waals surface area contributed by atoms with Gasteiger partial charge in [0.25, 0.3) is 5.91 Å². The van der Waals surface area contributed by atoms with E-state index in [2.05, 4.69) is 33.8 Å². The van der Waals surface area contributed by atoms with E-state index < -0.39 is 11.6 Å². The normalized spacial score (nSPS) is 17.7. The topological polar surface area (TPSA) is 110 Å². The SMILES string of the molecule is Cc1sc(N2CCNCC2)nc1-c1ccc(C(=O)N[C@@H](CC(C)C)C(=O)NC2(C#N)CC2)cc1. The van der Waals surface area contributed by atoms with Gasteiger partial charge in [0.05, 0.1) is 11.8 Å². The molecule has 8 nitrogen and oxygen atoms in total. The first-order valence-electron chi connectivity index (χ1n) is 11.9. The van der Waals surface area contributed by atoms with E-state index in [1.165, 1.54) is 0 Å². The molecule has 1 aromatic heterocycles. The molecule has 4 rings (SSSR count). The van der Waals surface area contributed by atoms with Crippen LogP contribution >= 0.6 is 11.3 Å². The quantitative estimate of drug-likeness (QED) is 0.536. The van der Waals surface area contributed by atoms with Crippen LogP contribution in [0.2, 0.25) is 0 Å². The van der Waals surface area contributed by atoms with Crippen molar-refractivity contribution in [3.05, 3.63) is 34.7 Å². The number of anilines is 1. The van der Waals surface area contributed by atoms with Crippen LogP contribution in [0.15, 0.2) is 24.3 Å². The summed E-state index contributed by atoms with van der Waals surface area (Å²) in [4.78, 5) is 34.0. The lowest BCUT2D eigenvalue weighted by atomic mass is 10.0. The minimum Gasteiger partial charge on any atom is -0.346 e. The molecule has 2 heterocycles. The van der Waals surface area contributed by atoms with Crippen LogP contribution in [-0.2, 0) is 4.79 Å². The molecular formula is C25H32N6O2S. The standard InChI is InChI=1S/C25H32N6O2S/c1-16(2)14-20(23(33)30-25(15-26)8-9-25)28-22(32)19-6-4-18(5-7-19)21-17(3)34-24(29-21)31-12-10-27-11-13-31/h4-7,16,20,27H,8-14H2,1-3H3,(H,28,32)(H,30,33)/t20-/m0/s1. The third-order valence-corrected chi connectivity index (χ3v) is 7.28. The fraction of sp³-hybridized carbons (Fsp3) is 0.520. The first-order chi connectivity index (χ1) is 16.3. The molecule has 1 atom stereocenters. The van der Waals surface area contributed by atoms with Crippen molar-refractivity contribution in [3.63, 3.8) is 0 Å². The van der Waals surface area contributed by atoms with Crippen LogP contribution in [-0.4, -0.2) is 54.6 Å². The highest BCUT2D eigenvalue weighted by molar-refractivity contribution is 7.16. The Kier molecular flexibility index (Phi) is 7.19. The van der Waals surface area contributed by atoms with Crippen molar-refractivity contribution >= 4 is 28.3 Å². The van der Waals surface area contributed by atoms with E-state index in [-0.39, 0.29) is 17.7 Å². The van der Waals surface area contributed by atoms with Gasteiger partial charge in [-0.1, -0.05) is 26.0 Å². The van der Waals surface area contributed by atoms with Crippen molar-refractivity contribution in [2.75, 3.05) is 31.1 Å². The number of nitrogens with zero attached hydrogens (tertiary/aromatic N) is 3. The van der Waals surface area contributed by atoms with Gasteiger partial charge in [-0.3, -0.25) is 9.59 Å². The monoisotopic (exact) mass is 480 g/mol. The van der Waals surface area contributed by atoms with Gasteiger partial charge >= 0.3 is 0 Å². The number of carbonyl (C=O) groups is 2. The lowest BCUT2D eigenvalue weighted by molar-refractivity contribution is -0.123. The van der Waals surface area contributed by atoms with Gasteiger partial charge in [-0.2, -0.15) is 5.26 Å². The van der Waals surface area contributed by atoms with Crippen LogP contribution in [0.25, 0.3) is 11.3 Å². The summed E-state index contributed by atoms with van der Waals surface area (Å²) in [6.07, 6.45) is 1.82. The molecule has 9 heteroatoms. The van der Waals surface area contributed by atoms with Crippen molar-refractivity contribution in [1.82, 2.24) is 20.9 Å².